The second-order valence-corrected chi connectivity index (χ2v) is 3.88. The molecule has 0 aliphatic carbocycles. The third-order valence-electron chi connectivity index (χ3n) is 2.73. The van der Waals surface area contributed by atoms with Crippen molar-refractivity contribution >= 4 is 11.6 Å². The minimum Gasteiger partial charge on any atom is -0.376 e. The second-order valence-electron chi connectivity index (χ2n) is 3.88. The highest BCUT2D eigenvalue weighted by Crippen LogP contribution is 2.13. The van der Waals surface area contributed by atoms with Gasteiger partial charge >= 0.3 is 0 Å². The number of likely N-dealkylation sites (N-methyl/N-ethyl adjacent to an activating group) is 1. The van der Waals surface area contributed by atoms with Crippen molar-refractivity contribution in [2.45, 2.75) is 20.8 Å². The summed E-state index contributed by atoms with van der Waals surface area (Å²) in [6, 6.07) is 4.87. The van der Waals surface area contributed by atoms with E-state index in [2.05, 4.69) is 5.32 Å². The van der Waals surface area contributed by atoms with E-state index in [0.29, 0.717) is 24.3 Å². The average molecular weight is 238 g/mol. The van der Waals surface area contributed by atoms with Crippen LogP contribution in [0.4, 0.5) is 10.1 Å². The number of nitrogens with zero attached hydrogens (tertiary/aromatic N) is 1. The molecule has 0 spiro atoms. The van der Waals surface area contributed by atoms with Gasteiger partial charge < -0.3 is 10.2 Å². The molecule has 0 heterocycles. The molecule has 0 aliphatic rings. The van der Waals surface area contributed by atoms with E-state index in [1.165, 1.54) is 6.07 Å². The molecule has 94 valence electrons. The molecule has 0 aromatic heterocycles. The van der Waals surface area contributed by atoms with Gasteiger partial charge in [0.1, 0.15) is 5.82 Å². The Bertz CT molecular complexity index is 389. The second kappa shape index (κ2) is 6.23. The minimum atomic E-state index is -0.259. The van der Waals surface area contributed by atoms with Crippen molar-refractivity contribution in [3.8, 4) is 0 Å². The van der Waals surface area contributed by atoms with Crippen LogP contribution in [-0.2, 0) is 4.79 Å². The van der Waals surface area contributed by atoms with Crippen LogP contribution in [0.2, 0.25) is 0 Å². The highest BCUT2D eigenvalue weighted by atomic mass is 19.1. The number of halogens is 1. The number of carbonyl (C=O) groups is 1. The summed E-state index contributed by atoms with van der Waals surface area (Å²) in [7, 11) is 0. The molecular weight excluding hydrogens is 219 g/mol. The molecule has 1 aromatic rings. The third-order valence-corrected chi connectivity index (χ3v) is 2.73. The van der Waals surface area contributed by atoms with Crippen LogP contribution in [-0.4, -0.2) is 30.4 Å². The van der Waals surface area contributed by atoms with Gasteiger partial charge in [0, 0.05) is 18.8 Å². The number of hydrogen-bond acceptors (Lipinski definition) is 2. The van der Waals surface area contributed by atoms with Crippen LogP contribution < -0.4 is 5.32 Å². The number of hydrogen-bond donors (Lipinski definition) is 1. The fourth-order valence-corrected chi connectivity index (χ4v) is 1.57. The van der Waals surface area contributed by atoms with Gasteiger partial charge in [0.2, 0.25) is 5.91 Å². The predicted octanol–water partition coefficient (Wildman–Crippen LogP) is 2.41. The van der Waals surface area contributed by atoms with Crippen LogP contribution >= 0.6 is 0 Å². The fraction of sp³-hybridized carbons (Fsp3) is 0.462. The van der Waals surface area contributed by atoms with Crippen molar-refractivity contribution in [3.05, 3.63) is 29.6 Å². The molecule has 0 atom stereocenters. The Kier molecular flexibility index (Phi) is 4.94. The minimum absolute atomic E-state index is 0.0241. The zero-order chi connectivity index (χ0) is 12.8. The first-order chi connectivity index (χ1) is 8.08. The maximum absolute atomic E-state index is 13.3. The van der Waals surface area contributed by atoms with Crippen LogP contribution in [0.5, 0.6) is 0 Å². The molecule has 0 saturated carbocycles. The molecule has 0 bridgehead atoms. The maximum Gasteiger partial charge on any atom is 0.241 e. The first-order valence-corrected chi connectivity index (χ1v) is 5.86. The van der Waals surface area contributed by atoms with Gasteiger partial charge in [-0.2, -0.15) is 0 Å². The molecule has 1 rings (SSSR count). The van der Waals surface area contributed by atoms with Crippen molar-refractivity contribution in [1.82, 2.24) is 4.90 Å². The molecule has 17 heavy (non-hydrogen) atoms. The molecule has 1 aromatic carbocycles. The molecule has 1 amide bonds. The highest BCUT2D eigenvalue weighted by Gasteiger charge is 2.08. The van der Waals surface area contributed by atoms with Crippen LogP contribution in [0.3, 0.4) is 0 Å². The zero-order valence-corrected chi connectivity index (χ0v) is 10.6. The van der Waals surface area contributed by atoms with Gasteiger partial charge in [-0.1, -0.05) is 6.07 Å². The van der Waals surface area contributed by atoms with E-state index >= 15 is 0 Å². The lowest BCUT2D eigenvalue weighted by Crippen LogP contribution is -2.35. The number of aryl methyl sites for hydroxylation is 1. The normalized spacial score (nSPS) is 10.1. The van der Waals surface area contributed by atoms with E-state index in [4.69, 9.17) is 0 Å². The number of amides is 1. The molecule has 3 nitrogen and oxygen atoms in total. The van der Waals surface area contributed by atoms with Crippen LogP contribution in [0.25, 0.3) is 0 Å². The Morgan fingerprint density at radius 3 is 2.53 bits per heavy atom. The Balaban J connectivity index is 2.55. The van der Waals surface area contributed by atoms with Gasteiger partial charge in [0.15, 0.2) is 0 Å². The van der Waals surface area contributed by atoms with E-state index in [1.54, 1.807) is 24.0 Å². The quantitative estimate of drug-likeness (QED) is 0.854. The standard InChI is InChI=1S/C13H19FN2O/c1-4-16(5-2)13(17)9-15-11-7-6-10(3)12(14)8-11/h6-8,15H,4-5,9H2,1-3H3. The topological polar surface area (TPSA) is 32.3 Å². The molecular formula is C13H19FN2O. The molecule has 0 radical (unpaired) electrons. The first kappa shape index (κ1) is 13.5. The van der Waals surface area contributed by atoms with Gasteiger partial charge in [0.05, 0.1) is 6.54 Å². The predicted molar refractivity (Wildman–Crippen MR) is 67.6 cm³/mol. The van der Waals surface area contributed by atoms with Gasteiger partial charge in [-0.05, 0) is 38.5 Å². The molecule has 0 saturated heterocycles. The van der Waals surface area contributed by atoms with Crippen LogP contribution in [0, 0.1) is 12.7 Å². The number of rotatable bonds is 5. The van der Waals surface area contributed by atoms with Crippen molar-refractivity contribution < 1.29 is 9.18 Å². The summed E-state index contributed by atoms with van der Waals surface area (Å²) in [5.41, 5.74) is 1.24. The molecule has 0 aliphatic heterocycles. The number of anilines is 1. The van der Waals surface area contributed by atoms with Crippen molar-refractivity contribution in [1.29, 1.82) is 0 Å². The van der Waals surface area contributed by atoms with Gasteiger partial charge in [-0.25, -0.2) is 4.39 Å². The van der Waals surface area contributed by atoms with Gasteiger partial charge in [-0.3, -0.25) is 4.79 Å². The fourth-order valence-electron chi connectivity index (χ4n) is 1.57. The summed E-state index contributed by atoms with van der Waals surface area (Å²) in [4.78, 5) is 13.4. The van der Waals surface area contributed by atoms with E-state index < -0.39 is 0 Å². The first-order valence-electron chi connectivity index (χ1n) is 5.86. The van der Waals surface area contributed by atoms with Crippen LogP contribution in [0.15, 0.2) is 18.2 Å². The Morgan fingerprint density at radius 2 is 2.00 bits per heavy atom. The van der Waals surface area contributed by atoms with E-state index in [0.717, 1.165) is 0 Å². The Labute approximate surface area is 102 Å². The maximum atomic E-state index is 13.3. The van der Waals surface area contributed by atoms with Gasteiger partial charge in [-0.15, -0.1) is 0 Å². The molecule has 4 heteroatoms. The van der Waals surface area contributed by atoms with E-state index in [1.807, 2.05) is 13.8 Å². The summed E-state index contributed by atoms with van der Waals surface area (Å²) in [5.74, 6) is -0.235. The lowest BCUT2D eigenvalue weighted by atomic mass is 10.2. The smallest absolute Gasteiger partial charge is 0.241 e. The Morgan fingerprint density at radius 1 is 1.35 bits per heavy atom. The number of benzene rings is 1. The van der Waals surface area contributed by atoms with E-state index in [9.17, 15) is 9.18 Å². The summed E-state index contributed by atoms with van der Waals surface area (Å²) in [5, 5.41) is 2.93. The third kappa shape index (κ3) is 3.73. The Hall–Kier alpha value is -1.58. The summed E-state index contributed by atoms with van der Waals surface area (Å²) < 4.78 is 13.3. The largest absolute Gasteiger partial charge is 0.376 e. The molecule has 1 N–H and O–H groups in total. The SMILES string of the molecule is CCN(CC)C(=O)CNc1ccc(C)c(F)c1. The molecule has 0 fully saturated rings. The number of carbonyl (C=O) groups excluding carboxylic acids is 1. The van der Waals surface area contributed by atoms with Crippen LogP contribution in [0.1, 0.15) is 19.4 Å². The van der Waals surface area contributed by atoms with Gasteiger partial charge in [0.25, 0.3) is 0 Å². The highest BCUT2D eigenvalue weighted by molar-refractivity contribution is 5.80. The average Bonchev–Trinajstić information content (AvgIpc) is 2.32. The monoisotopic (exact) mass is 238 g/mol. The van der Waals surface area contributed by atoms with E-state index in [-0.39, 0.29) is 18.3 Å². The van der Waals surface area contributed by atoms with Crippen molar-refractivity contribution in [3.63, 3.8) is 0 Å². The van der Waals surface area contributed by atoms with Crippen molar-refractivity contribution in [2.75, 3.05) is 25.0 Å². The lowest BCUT2D eigenvalue weighted by molar-refractivity contribution is -0.128. The zero-order valence-electron chi connectivity index (χ0n) is 10.6. The molecule has 0 unspecified atom stereocenters. The summed E-state index contributed by atoms with van der Waals surface area (Å²) in [6.07, 6.45) is 0. The van der Waals surface area contributed by atoms with Crippen molar-refractivity contribution in [2.24, 2.45) is 0 Å². The summed E-state index contributed by atoms with van der Waals surface area (Å²) >= 11 is 0. The lowest BCUT2D eigenvalue weighted by Gasteiger charge is -2.19. The summed E-state index contributed by atoms with van der Waals surface area (Å²) in [6.45, 7) is 7.17. The number of nitrogens with one attached hydrogen (secondary N) is 1.